The molecule has 1 N–H and O–H groups in total. The number of carbonyl (C=O) groups is 4. The number of ether oxygens (including phenoxy) is 1. The first-order valence-electron chi connectivity index (χ1n) is 8.43. The smallest absolute Gasteiger partial charge is 0.325 e. The molecule has 7 nitrogen and oxygen atoms in total. The highest BCUT2D eigenvalue weighted by Crippen LogP contribution is 2.21. The summed E-state index contributed by atoms with van der Waals surface area (Å²) in [4.78, 5) is 49.2. The Labute approximate surface area is 155 Å². The topological polar surface area (TPSA) is 92.8 Å². The largest absolute Gasteiger partial charge is 0.462 e. The lowest BCUT2D eigenvalue weighted by Gasteiger charge is -2.14. The average molecular weight is 366 g/mol. The number of nitrogens with one attached hydrogen (secondary N) is 1. The molecule has 0 aromatic heterocycles. The Morgan fingerprint density at radius 1 is 1.00 bits per heavy atom. The molecule has 0 fully saturated rings. The first-order chi connectivity index (χ1) is 13.0. The number of nitrogens with zero attached hydrogens (tertiary/aromatic N) is 1. The van der Waals surface area contributed by atoms with Gasteiger partial charge in [0.15, 0.2) is 0 Å². The van der Waals surface area contributed by atoms with Crippen molar-refractivity contribution in [2.24, 2.45) is 0 Å². The van der Waals surface area contributed by atoms with Gasteiger partial charge in [0.2, 0.25) is 0 Å². The van der Waals surface area contributed by atoms with Crippen molar-refractivity contribution >= 4 is 23.7 Å². The number of hydrogen-bond acceptors (Lipinski definition) is 5. The minimum Gasteiger partial charge on any atom is -0.462 e. The third kappa shape index (κ3) is 4.03. The maximum Gasteiger partial charge on any atom is 0.325 e. The number of imide groups is 1. The highest BCUT2D eigenvalue weighted by atomic mass is 16.5. The van der Waals surface area contributed by atoms with Crippen LogP contribution in [0.5, 0.6) is 0 Å². The van der Waals surface area contributed by atoms with E-state index in [9.17, 15) is 19.2 Å². The normalized spacial score (nSPS) is 12.7. The van der Waals surface area contributed by atoms with Crippen molar-refractivity contribution in [1.29, 1.82) is 0 Å². The lowest BCUT2D eigenvalue weighted by atomic mass is 10.1. The molecule has 27 heavy (non-hydrogen) atoms. The van der Waals surface area contributed by atoms with Gasteiger partial charge >= 0.3 is 5.97 Å². The SMILES string of the molecule is Cc1cccc(C(=O)NCC(=O)OCCN2C(=O)c3ccccc3C2=O)c1. The van der Waals surface area contributed by atoms with Crippen LogP contribution in [0.15, 0.2) is 48.5 Å². The van der Waals surface area contributed by atoms with E-state index < -0.39 is 17.8 Å². The van der Waals surface area contributed by atoms with Crippen LogP contribution in [0, 0.1) is 6.92 Å². The minimum absolute atomic E-state index is 0.0378. The Morgan fingerprint density at radius 2 is 1.67 bits per heavy atom. The summed E-state index contributed by atoms with van der Waals surface area (Å²) in [5.41, 5.74) is 2.08. The number of rotatable bonds is 6. The zero-order valence-electron chi connectivity index (χ0n) is 14.7. The zero-order chi connectivity index (χ0) is 19.4. The molecular weight excluding hydrogens is 348 g/mol. The van der Waals surface area contributed by atoms with Gasteiger partial charge in [0.05, 0.1) is 17.7 Å². The standard InChI is InChI=1S/C20H18N2O5/c1-13-5-4-6-14(11-13)18(24)21-12-17(23)27-10-9-22-19(25)15-7-2-3-8-16(15)20(22)26/h2-8,11H,9-10,12H2,1H3,(H,21,24). The number of benzene rings is 2. The zero-order valence-corrected chi connectivity index (χ0v) is 14.7. The molecule has 2 aromatic rings. The molecule has 3 rings (SSSR count). The Bertz CT molecular complexity index is 887. The molecule has 0 atom stereocenters. The molecule has 0 spiro atoms. The summed E-state index contributed by atoms with van der Waals surface area (Å²) in [6.45, 7) is 1.40. The Hall–Kier alpha value is -3.48. The van der Waals surface area contributed by atoms with Gasteiger partial charge in [-0.15, -0.1) is 0 Å². The Balaban J connectivity index is 1.45. The van der Waals surface area contributed by atoms with Gasteiger partial charge in [-0.05, 0) is 31.2 Å². The van der Waals surface area contributed by atoms with Crippen molar-refractivity contribution in [3.8, 4) is 0 Å². The Morgan fingerprint density at radius 3 is 2.30 bits per heavy atom. The molecule has 7 heteroatoms. The molecule has 1 aliphatic rings. The van der Waals surface area contributed by atoms with Crippen molar-refractivity contribution in [3.63, 3.8) is 0 Å². The highest BCUT2D eigenvalue weighted by molar-refractivity contribution is 6.21. The van der Waals surface area contributed by atoms with Crippen LogP contribution in [0.3, 0.4) is 0 Å². The van der Waals surface area contributed by atoms with Gasteiger partial charge < -0.3 is 10.1 Å². The summed E-state index contributed by atoms with van der Waals surface area (Å²) in [7, 11) is 0. The van der Waals surface area contributed by atoms with Gasteiger partial charge in [0.25, 0.3) is 17.7 Å². The number of hydrogen-bond donors (Lipinski definition) is 1. The molecule has 1 aliphatic heterocycles. The van der Waals surface area contributed by atoms with E-state index in [-0.39, 0.29) is 25.6 Å². The van der Waals surface area contributed by atoms with Gasteiger partial charge in [-0.25, -0.2) is 0 Å². The van der Waals surface area contributed by atoms with Crippen LogP contribution in [-0.2, 0) is 9.53 Å². The van der Waals surface area contributed by atoms with Crippen LogP contribution >= 0.6 is 0 Å². The molecule has 2 aromatic carbocycles. The van der Waals surface area contributed by atoms with Gasteiger partial charge in [0, 0.05) is 5.56 Å². The molecule has 0 saturated carbocycles. The second-order valence-corrected chi connectivity index (χ2v) is 6.08. The van der Waals surface area contributed by atoms with Crippen molar-refractivity contribution in [3.05, 3.63) is 70.8 Å². The predicted molar refractivity (Wildman–Crippen MR) is 96.3 cm³/mol. The van der Waals surface area contributed by atoms with Crippen molar-refractivity contribution in [1.82, 2.24) is 10.2 Å². The molecule has 0 aliphatic carbocycles. The number of fused-ring (bicyclic) bond motifs is 1. The van der Waals surface area contributed by atoms with Crippen molar-refractivity contribution in [2.75, 3.05) is 19.7 Å². The molecule has 0 radical (unpaired) electrons. The maximum atomic E-state index is 12.2. The highest BCUT2D eigenvalue weighted by Gasteiger charge is 2.34. The van der Waals surface area contributed by atoms with E-state index in [0.717, 1.165) is 10.5 Å². The minimum atomic E-state index is -0.646. The molecule has 0 bridgehead atoms. The lowest BCUT2D eigenvalue weighted by molar-refractivity contribution is -0.142. The fourth-order valence-corrected chi connectivity index (χ4v) is 2.78. The van der Waals surface area contributed by atoms with E-state index in [2.05, 4.69) is 5.32 Å². The number of aryl methyl sites for hydroxylation is 1. The lowest BCUT2D eigenvalue weighted by Crippen LogP contribution is -2.35. The molecular formula is C20H18N2O5. The molecule has 1 heterocycles. The third-order valence-electron chi connectivity index (χ3n) is 4.13. The van der Waals surface area contributed by atoms with Crippen LogP contribution in [-0.4, -0.2) is 48.3 Å². The summed E-state index contributed by atoms with van der Waals surface area (Å²) >= 11 is 0. The first-order valence-corrected chi connectivity index (χ1v) is 8.43. The van der Waals surface area contributed by atoms with Gasteiger partial charge in [-0.1, -0.05) is 29.8 Å². The molecule has 3 amide bonds. The van der Waals surface area contributed by atoms with Crippen LogP contribution in [0.1, 0.15) is 36.6 Å². The van der Waals surface area contributed by atoms with E-state index in [1.807, 2.05) is 13.0 Å². The fraction of sp³-hybridized carbons (Fsp3) is 0.200. The van der Waals surface area contributed by atoms with Gasteiger partial charge in [-0.2, -0.15) is 0 Å². The summed E-state index contributed by atoms with van der Waals surface area (Å²) < 4.78 is 5.01. The van der Waals surface area contributed by atoms with Crippen molar-refractivity contribution < 1.29 is 23.9 Å². The number of amides is 3. The summed E-state index contributed by atoms with van der Waals surface area (Å²) in [5, 5.41) is 2.48. The van der Waals surface area contributed by atoms with E-state index in [1.165, 1.54) is 0 Å². The number of carbonyl (C=O) groups excluding carboxylic acids is 4. The molecule has 0 unspecified atom stereocenters. The summed E-state index contributed by atoms with van der Waals surface area (Å²) in [6, 6.07) is 13.5. The molecule has 0 saturated heterocycles. The van der Waals surface area contributed by atoms with Gasteiger partial charge in [-0.3, -0.25) is 24.1 Å². The van der Waals surface area contributed by atoms with E-state index in [4.69, 9.17) is 4.74 Å². The van der Waals surface area contributed by atoms with Crippen LogP contribution in [0.4, 0.5) is 0 Å². The van der Waals surface area contributed by atoms with Crippen LogP contribution in [0.25, 0.3) is 0 Å². The van der Waals surface area contributed by atoms with E-state index in [0.29, 0.717) is 16.7 Å². The quantitative estimate of drug-likeness (QED) is 0.619. The molecule has 138 valence electrons. The third-order valence-corrected chi connectivity index (χ3v) is 4.13. The second kappa shape index (κ2) is 7.82. The predicted octanol–water partition coefficient (Wildman–Crippen LogP) is 1.56. The monoisotopic (exact) mass is 366 g/mol. The average Bonchev–Trinajstić information content (AvgIpc) is 2.91. The summed E-state index contributed by atoms with van der Waals surface area (Å²) in [5.74, 6) is -1.83. The number of esters is 1. The Kier molecular flexibility index (Phi) is 5.30. The van der Waals surface area contributed by atoms with E-state index >= 15 is 0 Å². The summed E-state index contributed by atoms with van der Waals surface area (Å²) in [6.07, 6.45) is 0. The fourth-order valence-electron chi connectivity index (χ4n) is 2.78. The maximum absolute atomic E-state index is 12.2. The van der Waals surface area contributed by atoms with Crippen LogP contribution < -0.4 is 5.32 Å². The first kappa shape index (κ1) is 18.3. The second-order valence-electron chi connectivity index (χ2n) is 6.08. The van der Waals surface area contributed by atoms with Gasteiger partial charge in [0.1, 0.15) is 13.2 Å². The van der Waals surface area contributed by atoms with Crippen LogP contribution in [0.2, 0.25) is 0 Å². The van der Waals surface area contributed by atoms with E-state index in [1.54, 1.807) is 42.5 Å². The van der Waals surface area contributed by atoms with Crippen molar-refractivity contribution in [2.45, 2.75) is 6.92 Å².